The summed E-state index contributed by atoms with van der Waals surface area (Å²) >= 11 is 0. The molecule has 2 nitrogen and oxygen atoms in total. The van der Waals surface area contributed by atoms with Crippen LogP contribution in [0.1, 0.15) is 56.7 Å². The first-order chi connectivity index (χ1) is 11.2. The van der Waals surface area contributed by atoms with Crippen LogP contribution in [0.4, 0.5) is 0 Å². The van der Waals surface area contributed by atoms with Crippen LogP contribution in [0.5, 0.6) is 0 Å². The molecule has 1 aromatic heterocycles. The van der Waals surface area contributed by atoms with E-state index in [4.69, 9.17) is 0 Å². The Bertz CT molecular complexity index is 593. The van der Waals surface area contributed by atoms with Gasteiger partial charge in [0.05, 0.1) is 11.4 Å². The van der Waals surface area contributed by atoms with Gasteiger partial charge in [0.25, 0.3) is 0 Å². The van der Waals surface area contributed by atoms with Crippen molar-refractivity contribution in [2.45, 2.75) is 58.8 Å². The molecule has 3 rings (SSSR count). The van der Waals surface area contributed by atoms with Gasteiger partial charge in [0.1, 0.15) is 0 Å². The molecule has 1 heterocycles. The largest absolute Gasteiger partial charge is 0.155 e. The van der Waals surface area contributed by atoms with Crippen molar-refractivity contribution in [3.8, 4) is 11.3 Å². The molecule has 0 unspecified atom stereocenters. The molecule has 2 heteroatoms. The van der Waals surface area contributed by atoms with Gasteiger partial charge in [0.15, 0.2) is 0 Å². The van der Waals surface area contributed by atoms with E-state index < -0.39 is 0 Å². The second kappa shape index (κ2) is 7.72. The Hall–Kier alpha value is -1.70. The molecule has 0 spiro atoms. The molecule has 122 valence electrons. The van der Waals surface area contributed by atoms with Gasteiger partial charge >= 0.3 is 0 Å². The summed E-state index contributed by atoms with van der Waals surface area (Å²) in [4.78, 5) is 0. The van der Waals surface area contributed by atoms with E-state index in [1.54, 1.807) is 0 Å². The zero-order valence-corrected chi connectivity index (χ0v) is 14.5. The third kappa shape index (κ3) is 4.40. The van der Waals surface area contributed by atoms with Gasteiger partial charge in [-0.25, -0.2) is 0 Å². The first-order valence-corrected chi connectivity index (χ1v) is 9.14. The average Bonchev–Trinajstić information content (AvgIpc) is 2.61. The van der Waals surface area contributed by atoms with Gasteiger partial charge in [-0.05, 0) is 49.3 Å². The van der Waals surface area contributed by atoms with Crippen molar-refractivity contribution >= 4 is 0 Å². The van der Waals surface area contributed by atoms with Crippen LogP contribution >= 0.6 is 0 Å². The fraction of sp³-hybridized carbons (Fsp3) is 0.524. The van der Waals surface area contributed by atoms with E-state index in [0.717, 1.165) is 28.8 Å². The van der Waals surface area contributed by atoms with Gasteiger partial charge in [0.2, 0.25) is 0 Å². The normalized spacial score (nSPS) is 21.3. The Morgan fingerprint density at radius 2 is 1.57 bits per heavy atom. The number of nitrogens with zero attached hydrogens (tertiary/aromatic N) is 2. The third-order valence-corrected chi connectivity index (χ3v) is 5.43. The van der Waals surface area contributed by atoms with Crippen LogP contribution in [-0.2, 0) is 6.42 Å². The van der Waals surface area contributed by atoms with Crippen molar-refractivity contribution in [1.82, 2.24) is 10.2 Å². The van der Waals surface area contributed by atoms with E-state index in [0.29, 0.717) is 0 Å². The molecule has 1 aromatic carbocycles. The number of benzene rings is 1. The number of hydrogen-bond donors (Lipinski definition) is 0. The molecule has 0 aliphatic heterocycles. The van der Waals surface area contributed by atoms with Crippen LogP contribution in [0.15, 0.2) is 36.4 Å². The van der Waals surface area contributed by atoms with E-state index in [2.05, 4.69) is 41.4 Å². The van der Waals surface area contributed by atoms with Crippen molar-refractivity contribution < 1.29 is 0 Å². The summed E-state index contributed by atoms with van der Waals surface area (Å²) in [6, 6.07) is 12.9. The highest BCUT2D eigenvalue weighted by molar-refractivity contribution is 5.58. The van der Waals surface area contributed by atoms with Gasteiger partial charge in [0, 0.05) is 5.56 Å². The Balaban J connectivity index is 1.53. The summed E-state index contributed by atoms with van der Waals surface area (Å²) in [6.07, 6.45) is 9.71. The zero-order chi connectivity index (χ0) is 16.1. The minimum atomic E-state index is 0.945. The second-order valence-electron chi connectivity index (χ2n) is 7.09. The van der Waals surface area contributed by atoms with Gasteiger partial charge in [-0.15, -0.1) is 0 Å². The molecule has 0 saturated heterocycles. The number of rotatable bonds is 5. The lowest BCUT2D eigenvalue weighted by Gasteiger charge is -2.27. The Kier molecular flexibility index (Phi) is 5.43. The molecule has 2 aromatic rings. The molecular formula is C21H28N2. The van der Waals surface area contributed by atoms with Gasteiger partial charge < -0.3 is 0 Å². The maximum atomic E-state index is 4.26. The van der Waals surface area contributed by atoms with Crippen LogP contribution in [-0.4, -0.2) is 10.2 Å². The van der Waals surface area contributed by atoms with Gasteiger partial charge in [-0.2, -0.15) is 10.2 Å². The SMILES string of the molecule is CCC1CCC(CCc2ccc(-c3ccc(C)nn3)cc2)CC1. The average molecular weight is 308 g/mol. The highest BCUT2D eigenvalue weighted by Gasteiger charge is 2.19. The van der Waals surface area contributed by atoms with E-state index in [-0.39, 0.29) is 0 Å². The van der Waals surface area contributed by atoms with Crippen LogP contribution in [0.2, 0.25) is 0 Å². The molecule has 0 atom stereocenters. The van der Waals surface area contributed by atoms with Crippen molar-refractivity contribution in [2.24, 2.45) is 11.8 Å². The number of aryl methyl sites for hydroxylation is 2. The fourth-order valence-electron chi connectivity index (χ4n) is 3.69. The minimum Gasteiger partial charge on any atom is -0.155 e. The number of aromatic nitrogens is 2. The van der Waals surface area contributed by atoms with Crippen molar-refractivity contribution in [1.29, 1.82) is 0 Å². The predicted molar refractivity (Wildman–Crippen MR) is 96.3 cm³/mol. The van der Waals surface area contributed by atoms with E-state index in [9.17, 15) is 0 Å². The Labute approximate surface area is 140 Å². The highest BCUT2D eigenvalue weighted by atomic mass is 15.1. The van der Waals surface area contributed by atoms with Crippen molar-refractivity contribution in [3.05, 3.63) is 47.7 Å². The van der Waals surface area contributed by atoms with Crippen molar-refractivity contribution in [3.63, 3.8) is 0 Å². The van der Waals surface area contributed by atoms with E-state index in [1.807, 2.05) is 19.1 Å². The topological polar surface area (TPSA) is 25.8 Å². The quantitative estimate of drug-likeness (QED) is 0.718. The fourth-order valence-corrected chi connectivity index (χ4v) is 3.69. The predicted octanol–water partition coefficient (Wildman–Crippen LogP) is 5.60. The molecule has 0 amide bonds. The summed E-state index contributed by atoms with van der Waals surface area (Å²) in [6.45, 7) is 4.30. The Morgan fingerprint density at radius 3 is 2.17 bits per heavy atom. The molecule has 0 N–H and O–H groups in total. The minimum absolute atomic E-state index is 0.945. The van der Waals surface area contributed by atoms with Gasteiger partial charge in [-0.3, -0.25) is 0 Å². The molecule has 1 fully saturated rings. The first kappa shape index (κ1) is 16.2. The maximum absolute atomic E-state index is 4.26. The summed E-state index contributed by atoms with van der Waals surface area (Å²) in [5.41, 5.74) is 4.53. The lowest BCUT2D eigenvalue weighted by molar-refractivity contribution is 0.259. The summed E-state index contributed by atoms with van der Waals surface area (Å²) < 4.78 is 0. The summed E-state index contributed by atoms with van der Waals surface area (Å²) in [7, 11) is 0. The smallest absolute Gasteiger partial charge is 0.0929 e. The molecule has 0 bridgehead atoms. The summed E-state index contributed by atoms with van der Waals surface area (Å²) in [5, 5.41) is 8.40. The second-order valence-corrected chi connectivity index (χ2v) is 7.09. The lowest BCUT2D eigenvalue weighted by Crippen LogP contribution is -2.14. The monoisotopic (exact) mass is 308 g/mol. The van der Waals surface area contributed by atoms with Crippen molar-refractivity contribution in [2.75, 3.05) is 0 Å². The summed E-state index contributed by atoms with van der Waals surface area (Å²) in [5.74, 6) is 1.95. The zero-order valence-electron chi connectivity index (χ0n) is 14.5. The first-order valence-electron chi connectivity index (χ1n) is 9.14. The molecule has 1 aliphatic carbocycles. The van der Waals surface area contributed by atoms with Crippen LogP contribution in [0, 0.1) is 18.8 Å². The molecular weight excluding hydrogens is 280 g/mol. The lowest BCUT2D eigenvalue weighted by atomic mass is 9.78. The number of hydrogen-bond acceptors (Lipinski definition) is 2. The van der Waals surface area contributed by atoms with Crippen LogP contribution in [0.3, 0.4) is 0 Å². The molecule has 1 saturated carbocycles. The maximum Gasteiger partial charge on any atom is 0.0929 e. The van der Waals surface area contributed by atoms with E-state index in [1.165, 1.54) is 50.5 Å². The molecule has 0 radical (unpaired) electrons. The highest BCUT2D eigenvalue weighted by Crippen LogP contribution is 2.33. The van der Waals surface area contributed by atoms with Crippen LogP contribution < -0.4 is 0 Å². The van der Waals surface area contributed by atoms with Gasteiger partial charge in [-0.1, -0.05) is 63.3 Å². The molecule has 23 heavy (non-hydrogen) atoms. The molecule has 1 aliphatic rings. The van der Waals surface area contributed by atoms with Crippen LogP contribution in [0.25, 0.3) is 11.3 Å². The van der Waals surface area contributed by atoms with E-state index >= 15 is 0 Å². The standard InChI is InChI=1S/C21H28N2/c1-3-17-5-7-18(8-6-17)9-10-19-11-13-20(14-12-19)21-15-4-16(2)22-23-21/h4,11-15,17-18H,3,5-10H2,1-2H3. The third-order valence-electron chi connectivity index (χ3n) is 5.43. The Morgan fingerprint density at radius 1 is 0.870 bits per heavy atom.